The molecule has 0 amide bonds. The normalized spacial score (nSPS) is 28.7. The van der Waals surface area contributed by atoms with Gasteiger partial charge < -0.3 is 5.32 Å². The summed E-state index contributed by atoms with van der Waals surface area (Å²) in [6.45, 7) is 11.3. The van der Waals surface area contributed by atoms with E-state index in [1.165, 1.54) is 19.3 Å². The summed E-state index contributed by atoms with van der Waals surface area (Å²) in [4.78, 5) is 2.66. The molecule has 1 aliphatic rings. The fourth-order valence-corrected chi connectivity index (χ4v) is 2.91. The molecule has 108 valence electrons. The number of hydrogen-bond donors (Lipinski definition) is 1. The van der Waals surface area contributed by atoms with Gasteiger partial charge in [-0.15, -0.1) is 0 Å². The molecule has 1 aromatic rings. The maximum Gasteiger partial charge on any atom is 0.0536 e. The first-order valence-corrected chi connectivity index (χ1v) is 7.63. The number of piperazine rings is 1. The highest BCUT2D eigenvalue weighted by molar-refractivity contribution is 4.94. The molecule has 0 spiro atoms. The van der Waals surface area contributed by atoms with Gasteiger partial charge in [-0.2, -0.15) is 5.10 Å². The van der Waals surface area contributed by atoms with E-state index in [1.807, 2.05) is 16.9 Å². The lowest BCUT2D eigenvalue weighted by molar-refractivity contribution is 0.0750. The first kappa shape index (κ1) is 14.5. The minimum atomic E-state index is 0.272. The highest BCUT2D eigenvalue weighted by atomic mass is 15.3. The maximum absolute atomic E-state index is 4.30. The third-order valence-corrected chi connectivity index (χ3v) is 4.41. The van der Waals surface area contributed by atoms with E-state index in [0.717, 1.165) is 26.2 Å². The molecule has 0 saturated carbocycles. The summed E-state index contributed by atoms with van der Waals surface area (Å²) in [6.07, 6.45) is 7.64. The Labute approximate surface area is 117 Å². The van der Waals surface area contributed by atoms with Crippen LogP contribution >= 0.6 is 0 Å². The molecule has 0 aliphatic carbocycles. The predicted molar refractivity (Wildman–Crippen MR) is 79.2 cm³/mol. The molecular weight excluding hydrogens is 236 g/mol. The molecule has 4 heteroatoms. The zero-order chi connectivity index (χ0) is 13.7. The Bertz CT molecular complexity index is 362. The van der Waals surface area contributed by atoms with Crippen LogP contribution in [0.2, 0.25) is 0 Å². The van der Waals surface area contributed by atoms with Crippen molar-refractivity contribution >= 4 is 0 Å². The van der Waals surface area contributed by atoms with Crippen molar-refractivity contribution in [3.63, 3.8) is 0 Å². The van der Waals surface area contributed by atoms with Gasteiger partial charge in [-0.1, -0.05) is 20.3 Å². The summed E-state index contributed by atoms with van der Waals surface area (Å²) in [5.41, 5.74) is 0.272. The topological polar surface area (TPSA) is 33.1 Å². The summed E-state index contributed by atoms with van der Waals surface area (Å²) in [7, 11) is 0. The number of rotatable bonds is 6. The van der Waals surface area contributed by atoms with Crippen molar-refractivity contribution in [2.75, 3.05) is 19.6 Å². The van der Waals surface area contributed by atoms with Gasteiger partial charge in [-0.3, -0.25) is 9.58 Å². The summed E-state index contributed by atoms with van der Waals surface area (Å²) < 4.78 is 2.04. The molecule has 2 heterocycles. The van der Waals surface area contributed by atoms with Gasteiger partial charge in [0.25, 0.3) is 0 Å². The average molecular weight is 264 g/mol. The minimum absolute atomic E-state index is 0.272. The molecule has 2 atom stereocenters. The van der Waals surface area contributed by atoms with Crippen LogP contribution in [0.25, 0.3) is 0 Å². The van der Waals surface area contributed by atoms with Crippen molar-refractivity contribution in [3.8, 4) is 0 Å². The second-order valence-corrected chi connectivity index (χ2v) is 5.98. The van der Waals surface area contributed by atoms with Crippen LogP contribution in [0.15, 0.2) is 18.5 Å². The van der Waals surface area contributed by atoms with Gasteiger partial charge in [-0.05, 0) is 25.8 Å². The van der Waals surface area contributed by atoms with Gasteiger partial charge in [0.1, 0.15) is 0 Å². The Morgan fingerprint density at radius 3 is 2.84 bits per heavy atom. The van der Waals surface area contributed by atoms with E-state index in [1.54, 1.807) is 0 Å². The second kappa shape index (κ2) is 6.53. The third-order valence-electron chi connectivity index (χ3n) is 4.41. The highest BCUT2D eigenvalue weighted by Crippen LogP contribution is 2.21. The molecule has 1 saturated heterocycles. The number of nitrogens with one attached hydrogen (secondary N) is 1. The minimum Gasteiger partial charge on any atom is -0.309 e. The lowest BCUT2D eigenvalue weighted by atomic mass is 9.92. The quantitative estimate of drug-likeness (QED) is 0.854. The lowest BCUT2D eigenvalue weighted by Gasteiger charge is -2.46. The fraction of sp³-hybridized carbons (Fsp3) is 0.800. The number of aromatic nitrogens is 2. The van der Waals surface area contributed by atoms with Crippen LogP contribution in [0.4, 0.5) is 0 Å². The Kier molecular flexibility index (Phi) is 4.99. The highest BCUT2D eigenvalue weighted by Gasteiger charge is 2.33. The van der Waals surface area contributed by atoms with Crippen molar-refractivity contribution in [3.05, 3.63) is 18.5 Å². The van der Waals surface area contributed by atoms with E-state index in [4.69, 9.17) is 0 Å². The fourth-order valence-electron chi connectivity index (χ4n) is 2.91. The van der Waals surface area contributed by atoms with Crippen LogP contribution in [-0.4, -0.2) is 45.9 Å². The molecule has 2 rings (SSSR count). The predicted octanol–water partition coefficient (Wildman–Crippen LogP) is 2.13. The zero-order valence-electron chi connectivity index (χ0n) is 12.6. The molecular formula is C15H28N4. The molecule has 4 nitrogen and oxygen atoms in total. The molecule has 1 aromatic heterocycles. The maximum atomic E-state index is 4.30. The molecule has 1 aliphatic heterocycles. The Morgan fingerprint density at radius 1 is 1.37 bits per heavy atom. The SMILES string of the molecule is CCCC1CNC(C)(CC)CN1CCn1cccn1. The molecule has 19 heavy (non-hydrogen) atoms. The van der Waals surface area contributed by atoms with E-state index in [-0.39, 0.29) is 5.54 Å². The lowest BCUT2D eigenvalue weighted by Crippen LogP contribution is -2.63. The Balaban J connectivity index is 1.94. The van der Waals surface area contributed by atoms with E-state index in [2.05, 4.69) is 42.3 Å². The standard InChI is InChI=1S/C15H28N4/c1-4-7-14-12-16-15(3,5-2)13-18(14)10-11-19-9-6-8-17-19/h6,8-9,14,16H,4-5,7,10-13H2,1-3H3. The van der Waals surface area contributed by atoms with Crippen LogP contribution < -0.4 is 5.32 Å². The van der Waals surface area contributed by atoms with E-state index >= 15 is 0 Å². The molecule has 0 radical (unpaired) electrons. The van der Waals surface area contributed by atoms with Crippen molar-refractivity contribution in [2.45, 2.75) is 58.2 Å². The largest absolute Gasteiger partial charge is 0.309 e. The molecule has 0 bridgehead atoms. The van der Waals surface area contributed by atoms with Crippen LogP contribution in [0.3, 0.4) is 0 Å². The van der Waals surface area contributed by atoms with E-state index < -0.39 is 0 Å². The molecule has 0 aromatic carbocycles. The zero-order valence-corrected chi connectivity index (χ0v) is 12.6. The second-order valence-electron chi connectivity index (χ2n) is 5.98. The van der Waals surface area contributed by atoms with Gasteiger partial charge in [0.2, 0.25) is 0 Å². The van der Waals surface area contributed by atoms with Crippen LogP contribution in [0.5, 0.6) is 0 Å². The first-order valence-electron chi connectivity index (χ1n) is 7.63. The van der Waals surface area contributed by atoms with Crippen molar-refractivity contribution in [1.82, 2.24) is 20.0 Å². The van der Waals surface area contributed by atoms with Gasteiger partial charge in [0, 0.05) is 43.6 Å². The summed E-state index contributed by atoms with van der Waals surface area (Å²) in [5, 5.41) is 8.04. The van der Waals surface area contributed by atoms with Gasteiger partial charge in [-0.25, -0.2) is 0 Å². The molecule has 1 fully saturated rings. The van der Waals surface area contributed by atoms with Crippen molar-refractivity contribution in [1.29, 1.82) is 0 Å². The Morgan fingerprint density at radius 2 is 2.21 bits per heavy atom. The van der Waals surface area contributed by atoms with Gasteiger partial charge >= 0.3 is 0 Å². The summed E-state index contributed by atoms with van der Waals surface area (Å²) in [6, 6.07) is 2.68. The monoisotopic (exact) mass is 264 g/mol. The van der Waals surface area contributed by atoms with Crippen LogP contribution in [-0.2, 0) is 6.54 Å². The number of hydrogen-bond acceptors (Lipinski definition) is 3. The first-order chi connectivity index (χ1) is 9.17. The van der Waals surface area contributed by atoms with Crippen molar-refractivity contribution < 1.29 is 0 Å². The molecule has 1 N–H and O–H groups in total. The Hall–Kier alpha value is -0.870. The number of nitrogens with zero attached hydrogens (tertiary/aromatic N) is 3. The van der Waals surface area contributed by atoms with Crippen molar-refractivity contribution in [2.24, 2.45) is 0 Å². The van der Waals surface area contributed by atoms with Gasteiger partial charge in [0.05, 0.1) is 6.54 Å². The van der Waals surface area contributed by atoms with Crippen LogP contribution in [0.1, 0.15) is 40.0 Å². The van der Waals surface area contributed by atoms with E-state index in [0.29, 0.717) is 6.04 Å². The average Bonchev–Trinajstić information content (AvgIpc) is 2.93. The summed E-state index contributed by atoms with van der Waals surface area (Å²) >= 11 is 0. The van der Waals surface area contributed by atoms with Gasteiger partial charge in [0.15, 0.2) is 0 Å². The van der Waals surface area contributed by atoms with E-state index in [9.17, 15) is 0 Å². The third kappa shape index (κ3) is 3.80. The smallest absolute Gasteiger partial charge is 0.0536 e. The van der Waals surface area contributed by atoms with Crippen LogP contribution in [0, 0.1) is 0 Å². The summed E-state index contributed by atoms with van der Waals surface area (Å²) in [5.74, 6) is 0. The molecule has 2 unspecified atom stereocenters.